The van der Waals surface area contributed by atoms with Gasteiger partial charge in [0.15, 0.2) is 0 Å². The summed E-state index contributed by atoms with van der Waals surface area (Å²) in [6.07, 6.45) is 4.48. The average Bonchev–Trinajstić information content (AvgIpc) is 2.94. The second kappa shape index (κ2) is 6.62. The van der Waals surface area contributed by atoms with E-state index in [-0.39, 0.29) is 11.9 Å². The fraction of sp³-hybridized carbons (Fsp3) is 0.467. The first-order valence-electron chi connectivity index (χ1n) is 6.86. The molecule has 4 nitrogen and oxygen atoms in total. The SMILES string of the molecule is CC(Nc1cc(C#N)ccc1Cl)C(=O)NC1CCCC1. The highest BCUT2D eigenvalue weighted by molar-refractivity contribution is 6.33. The molecular formula is C15H18ClN3O. The molecule has 0 heterocycles. The fourth-order valence-electron chi connectivity index (χ4n) is 2.40. The molecule has 1 aliphatic rings. The number of carbonyl (C=O) groups is 1. The Morgan fingerprint density at radius 2 is 2.15 bits per heavy atom. The molecule has 1 fully saturated rings. The van der Waals surface area contributed by atoms with Crippen LogP contribution in [-0.4, -0.2) is 18.0 Å². The number of nitriles is 1. The molecule has 0 saturated heterocycles. The molecule has 106 valence electrons. The van der Waals surface area contributed by atoms with Crippen LogP contribution in [0, 0.1) is 11.3 Å². The normalized spacial score (nSPS) is 16.4. The minimum Gasteiger partial charge on any atom is -0.373 e. The van der Waals surface area contributed by atoms with Crippen molar-refractivity contribution in [3.63, 3.8) is 0 Å². The summed E-state index contributed by atoms with van der Waals surface area (Å²) in [7, 11) is 0. The van der Waals surface area contributed by atoms with Gasteiger partial charge in [0.05, 0.1) is 22.3 Å². The average molecular weight is 292 g/mol. The third kappa shape index (κ3) is 3.64. The van der Waals surface area contributed by atoms with Gasteiger partial charge in [-0.3, -0.25) is 4.79 Å². The Balaban J connectivity index is 1.98. The Morgan fingerprint density at radius 1 is 1.45 bits per heavy atom. The predicted octanol–water partition coefficient (Wildman–Crippen LogP) is 3.07. The highest BCUT2D eigenvalue weighted by Gasteiger charge is 2.20. The van der Waals surface area contributed by atoms with Crippen LogP contribution in [0.5, 0.6) is 0 Å². The van der Waals surface area contributed by atoms with Gasteiger partial charge in [0.1, 0.15) is 6.04 Å². The first kappa shape index (κ1) is 14.7. The lowest BCUT2D eigenvalue weighted by atomic mass is 10.2. The summed E-state index contributed by atoms with van der Waals surface area (Å²) in [4.78, 5) is 12.1. The molecule has 5 heteroatoms. The van der Waals surface area contributed by atoms with Gasteiger partial charge >= 0.3 is 0 Å². The van der Waals surface area contributed by atoms with Crippen LogP contribution in [0.3, 0.4) is 0 Å². The van der Waals surface area contributed by atoms with Crippen LogP contribution in [0.15, 0.2) is 18.2 Å². The van der Waals surface area contributed by atoms with Gasteiger partial charge in [-0.25, -0.2) is 0 Å². The number of amides is 1. The summed E-state index contributed by atoms with van der Waals surface area (Å²) >= 11 is 6.07. The van der Waals surface area contributed by atoms with Crippen molar-refractivity contribution in [3.05, 3.63) is 28.8 Å². The number of hydrogen-bond acceptors (Lipinski definition) is 3. The standard InChI is InChI=1S/C15H18ClN3O/c1-10(15(20)19-12-4-2-3-5-12)18-14-8-11(9-17)6-7-13(14)16/h6-8,10,12,18H,2-5H2,1H3,(H,19,20). The quantitative estimate of drug-likeness (QED) is 0.896. The molecule has 1 aliphatic carbocycles. The number of anilines is 1. The van der Waals surface area contributed by atoms with E-state index in [1.165, 1.54) is 12.8 Å². The molecule has 0 bridgehead atoms. The molecule has 0 spiro atoms. The molecule has 0 aliphatic heterocycles. The number of rotatable bonds is 4. The van der Waals surface area contributed by atoms with Crippen molar-refractivity contribution in [2.45, 2.75) is 44.7 Å². The minimum absolute atomic E-state index is 0.0321. The molecule has 1 aromatic carbocycles. The van der Waals surface area contributed by atoms with Crippen LogP contribution in [0.25, 0.3) is 0 Å². The van der Waals surface area contributed by atoms with E-state index >= 15 is 0 Å². The summed E-state index contributed by atoms with van der Waals surface area (Å²) in [5.74, 6) is -0.0321. The maximum atomic E-state index is 12.1. The molecule has 1 saturated carbocycles. The van der Waals surface area contributed by atoms with E-state index in [0.717, 1.165) is 12.8 Å². The van der Waals surface area contributed by atoms with E-state index in [1.54, 1.807) is 25.1 Å². The Morgan fingerprint density at radius 3 is 2.80 bits per heavy atom. The molecule has 0 radical (unpaired) electrons. The van der Waals surface area contributed by atoms with Crippen molar-refractivity contribution in [1.29, 1.82) is 5.26 Å². The van der Waals surface area contributed by atoms with E-state index in [9.17, 15) is 4.79 Å². The maximum absolute atomic E-state index is 12.1. The molecule has 1 atom stereocenters. The summed E-state index contributed by atoms with van der Waals surface area (Å²) < 4.78 is 0. The first-order valence-corrected chi connectivity index (χ1v) is 7.24. The number of nitrogens with one attached hydrogen (secondary N) is 2. The van der Waals surface area contributed by atoms with Gasteiger partial charge in [0, 0.05) is 6.04 Å². The number of halogens is 1. The lowest BCUT2D eigenvalue weighted by Crippen LogP contribution is -2.42. The molecule has 0 aromatic heterocycles. The zero-order valence-electron chi connectivity index (χ0n) is 11.4. The van der Waals surface area contributed by atoms with Crippen LogP contribution in [-0.2, 0) is 4.79 Å². The third-order valence-corrected chi connectivity index (χ3v) is 3.89. The van der Waals surface area contributed by atoms with Crippen LogP contribution in [0.1, 0.15) is 38.2 Å². The summed E-state index contributed by atoms with van der Waals surface area (Å²) in [5, 5.41) is 15.5. The van der Waals surface area contributed by atoms with Crippen molar-refractivity contribution in [3.8, 4) is 6.07 Å². The van der Waals surface area contributed by atoms with Crippen molar-refractivity contribution in [1.82, 2.24) is 5.32 Å². The number of benzene rings is 1. The zero-order valence-corrected chi connectivity index (χ0v) is 12.2. The minimum atomic E-state index is -0.387. The second-order valence-corrected chi connectivity index (χ2v) is 5.57. The fourth-order valence-corrected chi connectivity index (χ4v) is 2.57. The largest absolute Gasteiger partial charge is 0.373 e. The van der Waals surface area contributed by atoms with Crippen LogP contribution in [0.2, 0.25) is 5.02 Å². The van der Waals surface area contributed by atoms with Gasteiger partial charge in [-0.05, 0) is 38.0 Å². The van der Waals surface area contributed by atoms with E-state index in [2.05, 4.69) is 16.7 Å². The highest BCUT2D eigenvalue weighted by atomic mass is 35.5. The number of nitrogens with zero attached hydrogens (tertiary/aromatic N) is 1. The Labute approximate surface area is 124 Å². The summed E-state index contributed by atoms with van der Waals surface area (Å²) in [6, 6.07) is 6.93. The number of hydrogen-bond donors (Lipinski definition) is 2. The Kier molecular flexibility index (Phi) is 4.86. The van der Waals surface area contributed by atoms with Gasteiger partial charge in [-0.1, -0.05) is 24.4 Å². The highest BCUT2D eigenvalue weighted by Crippen LogP contribution is 2.24. The van der Waals surface area contributed by atoms with Crippen LogP contribution >= 0.6 is 11.6 Å². The molecule has 1 amide bonds. The van der Waals surface area contributed by atoms with E-state index < -0.39 is 0 Å². The van der Waals surface area contributed by atoms with Crippen LogP contribution < -0.4 is 10.6 Å². The molecular weight excluding hydrogens is 274 g/mol. The second-order valence-electron chi connectivity index (χ2n) is 5.16. The van der Waals surface area contributed by atoms with Crippen molar-refractivity contribution < 1.29 is 4.79 Å². The van der Waals surface area contributed by atoms with Crippen LogP contribution in [0.4, 0.5) is 5.69 Å². The van der Waals surface area contributed by atoms with Crippen molar-refractivity contribution >= 4 is 23.2 Å². The summed E-state index contributed by atoms with van der Waals surface area (Å²) in [5.41, 5.74) is 1.13. The van der Waals surface area contributed by atoms with Gasteiger partial charge < -0.3 is 10.6 Å². The maximum Gasteiger partial charge on any atom is 0.242 e. The van der Waals surface area contributed by atoms with Gasteiger partial charge in [0.25, 0.3) is 0 Å². The van der Waals surface area contributed by atoms with E-state index in [1.807, 2.05) is 0 Å². The molecule has 1 unspecified atom stereocenters. The first-order chi connectivity index (χ1) is 9.60. The Hall–Kier alpha value is -1.73. The molecule has 1 aromatic rings. The molecule has 2 rings (SSSR count). The van der Waals surface area contributed by atoms with Crippen molar-refractivity contribution in [2.24, 2.45) is 0 Å². The molecule has 2 N–H and O–H groups in total. The topological polar surface area (TPSA) is 64.9 Å². The lowest BCUT2D eigenvalue weighted by Gasteiger charge is -2.19. The Bertz CT molecular complexity index is 532. The van der Waals surface area contributed by atoms with Gasteiger partial charge in [-0.15, -0.1) is 0 Å². The van der Waals surface area contributed by atoms with Gasteiger partial charge in [0.2, 0.25) is 5.91 Å². The monoisotopic (exact) mass is 291 g/mol. The smallest absolute Gasteiger partial charge is 0.242 e. The van der Waals surface area contributed by atoms with Gasteiger partial charge in [-0.2, -0.15) is 5.26 Å². The van der Waals surface area contributed by atoms with E-state index in [0.29, 0.717) is 22.3 Å². The predicted molar refractivity (Wildman–Crippen MR) is 79.7 cm³/mol. The molecule has 20 heavy (non-hydrogen) atoms. The lowest BCUT2D eigenvalue weighted by molar-refractivity contribution is -0.122. The summed E-state index contributed by atoms with van der Waals surface area (Å²) in [6.45, 7) is 1.79. The van der Waals surface area contributed by atoms with Crippen molar-refractivity contribution in [2.75, 3.05) is 5.32 Å². The third-order valence-electron chi connectivity index (χ3n) is 3.56. The van der Waals surface area contributed by atoms with E-state index in [4.69, 9.17) is 16.9 Å². The number of carbonyl (C=O) groups excluding carboxylic acids is 1. The zero-order chi connectivity index (χ0) is 14.5.